The molecule has 3 heterocycles. The molecule has 1 aromatic heterocycles. The van der Waals surface area contributed by atoms with E-state index in [0.717, 1.165) is 43.2 Å². The highest BCUT2D eigenvalue weighted by molar-refractivity contribution is 7.17. The molecule has 0 bridgehead atoms. The number of fused-ring (bicyclic) bond motifs is 1. The number of hydrogen-bond donors (Lipinski definition) is 3. The van der Waals surface area contributed by atoms with Crippen LogP contribution in [0, 0.1) is 0 Å². The molecule has 0 radical (unpaired) electrons. The molecule has 0 spiro atoms. The number of hydrogen-bond acceptors (Lipinski definition) is 5. The third-order valence-corrected chi connectivity index (χ3v) is 6.72. The van der Waals surface area contributed by atoms with E-state index in [-0.39, 0.29) is 17.5 Å². The lowest BCUT2D eigenvalue weighted by atomic mass is 9.93. The van der Waals surface area contributed by atoms with E-state index in [4.69, 9.17) is 9.47 Å². The smallest absolute Gasteiger partial charge is 0.341 e. The van der Waals surface area contributed by atoms with E-state index in [1.807, 2.05) is 13.8 Å². The Morgan fingerprint density at radius 1 is 1.18 bits per heavy atom. The van der Waals surface area contributed by atoms with Gasteiger partial charge in [-0.2, -0.15) is 0 Å². The van der Waals surface area contributed by atoms with Crippen LogP contribution in [0.3, 0.4) is 0 Å². The van der Waals surface area contributed by atoms with Crippen molar-refractivity contribution in [1.82, 2.24) is 0 Å². The number of likely N-dealkylation sites (N-methyl/N-ethyl adjacent to an activating group) is 1. The molecule has 2 aliphatic rings. The van der Waals surface area contributed by atoms with Crippen LogP contribution in [0.1, 0.15) is 48.5 Å². The molecule has 0 atom stereocenters. The zero-order chi connectivity index (χ0) is 20.3. The van der Waals surface area contributed by atoms with Gasteiger partial charge in [0.05, 0.1) is 30.9 Å². The normalized spacial score (nSPS) is 23.7. The van der Waals surface area contributed by atoms with Crippen molar-refractivity contribution in [2.75, 3.05) is 51.2 Å². The molecule has 0 saturated carbocycles. The molecule has 1 aromatic rings. The summed E-state index contributed by atoms with van der Waals surface area (Å²) in [7, 11) is 0. The Labute approximate surface area is 171 Å². The van der Waals surface area contributed by atoms with Gasteiger partial charge in [0.25, 0.3) is 5.91 Å². The van der Waals surface area contributed by atoms with Crippen molar-refractivity contribution in [3.05, 3.63) is 16.0 Å². The summed E-state index contributed by atoms with van der Waals surface area (Å²) in [6.07, 6.45) is 0.635. The van der Waals surface area contributed by atoms with Crippen molar-refractivity contribution in [3.8, 4) is 0 Å². The van der Waals surface area contributed by atoms with Gasteiger partial charge in [-0.3, -0.25) is 4.79 Å². The van der Waals surface area contributed by atoms with Crippen LogP contribution in [-0.2, 0) is 27.3 Å². The summed E-state index contributed by atoms with van der Waals surface area (Å²) in [6.45, 7) is 14.6. The zero-order valence-corrected chi connectivity index (χ0v) is 18.2. The molecule has 156 valence electrons. The van der Waals surface area contributed by atoms with Gasteiger partial charge in [0, 0.05) is 11.3 Å². The van der Waals surface area contributed by atoms with Crippen LogP contribution in [0.25, 0.3) is 0 Å². The lowest BCUT2D eigenvalue weighted by Crippen LogP contribution is -3.28. The van der Waals surface area contributed by atoms with Crippen LogP contribution in [-0.4, -0.2) is 63.4 Å². The summed E-state index contributed by atoms with van der Waals surface area (Å²) in [5, 5.41) is 3.61. The Hall–Kier alpha value is -1.48. The number of ether oxygens (including phenoxy) is 2. The predicted molar refractivity (Wildman–Crippen MR) is 108 cm³/mol. The van der Waals surface area contributed by atoms with Gasteiger partial charge >= 0.3 is 5.97 Å². The van der Waals surface area contributed by atoms with Crippen molar-refractivity contribution in [2.45, 2.75) is 46.3 Å². The molecule has 0 unspecified atom stereocenters. The van der Waals surface area contributed by atoms with Crippen molar-refractivity contribution < 1.29 is 28.9 Å². The molecule has 7 nitrogen and oxygen atoms in total. The topological polar surface area (TPSA) is 73.5 Å². The summed E-state index contributed by atoms with van der Waals surface area (Å²) >= 11 is 1.44. The molecule has 3 N–H and O–H groups in total. The monoisotopic (exact) mass is 411 g/mol. The third-order valence-electron chi connectivity index (χ3n) is 5.59. The minimum atomic E-state index is -0.361. The fourth-order valence-corrected chi connectivity index (χ4v) is 5.08. The molecule has 28 heavy (non-hydrogen) atoms. The van der Waals surface area contributed by atoms with Gasteiger partial charge < -0.3 is 24.6 Å². The first-order chi connectivity index (χ1) is 13.3. The largest absolute Gasteiger partial charge is 0.462 e. The Bertz CT molecular complexity index is 723. The Kier molecular flexibility index (Phi) is 6.75. The first-order valence-electron chi connectivity index (χ1n) is 10.3. The number of thiophene rings is 1. The van der Waals surface area contributed by atoms with E-state index in [1.165, 1.54) is 16.2 Å². The van der Waals surface area contributed by atoms with Crippen LogP contribution in [0.4, 0.5) is 5.00 Å². The van der Waals surface area contributed by atoms with Gasteiger partial charge in [0.1, 0.15) is 31.2 Å². The molecule has 1 amide bonds. The standard InChI is InChI=1S/C20H31N3O4S/c1-5-22-7-9-23(10-8-22)12-16(24)21-18-17(19(25)26-6-2)14-11-20(3,4)27-13-15(14)28-18/h5-13H2,1-4H3,(H,21,24)/p+2. The lowest BCUT2D eigenvalue weighted by molar-refractivity contribution is -1.01. The molecule has 1 fully saturated rings. The van der Waals surface area contributed by atoms with Crippen LogP contribution >= 0.6 is 11.3 Å². The maximum atomic E-state index is 12.7. The van der Waals surface area contributed by atoms with Gasteiger partial charge in [-0.25, -0.2) is 4.79 Å². The number of anilines is 1. The van der Waals surface area contributed by atoms with E-state index >= 15 is 0 Å². The second-order valence-electron chi connectivity index (χ2n) is 8.23. The summed E-state index contributed by atoms with van der Waals surface area (Å²) in [5.41, 5.74) is 1.14. The molecule has 0 aliphatic carbocycles. The van der Waals surface area contributed by atoms with Crippen molar-refractivity contribution >= 4 is 28.2 Å². The number of carbonyl (C=O) groups is 2. The average Bonchev–Trinajstić information content (AvgIpc) is 2.98. The van der Waals surface area contributed by atoms with E-state index < -0.39 is 0 Å². The van der Waals surface area contributed by atoms with Crippen LogP contribution in [0.15, 0.2) is 0 Å². The first kappa shape index (κ1) is 21.2. The summed E-state index contributed by atoms with van der Waals surface area (Å²) in [5.74, 6) is -0.403. The van der Waals surface area contributed by atoms with E-state index in [1.54, 1.807) is 11.8 Å². The second-order valence-corrected chi connectivity index (χ2v) is 9.34. The Morgan fingerprint density at radius 3 is 2.50 bits per heavy atom. The molecular weight excluding hydrogens is 378 g/mol. The number of piperazine rings is 1. The van der Waals surface area contributed by atoms with E-state index in [0.29, 0.717) is 36.7 Å². The van der Waals surface area contributed by atoms with E-state index in [2.05, 4.69) is 12.2 Å². The van der Waals surface area contributed by atoms with Gasteiger partial charge in [-0.1, -0.05) is 0 Å². The highest BCUT2D eigenvalue weighted by Crippen LogP contribution is 2.40. The predicted octanol–water partition coefficient (Wildman–Crippen LogP) is -0.482. The SMILES string of the molecule is CCOC(=O)c1c(NC(=O)C[NH+]2CC[NH+](CC)CC2)sc2c1CC(C)(C)OC2. The summed E-state index contributed by atoms with van der Waals surface area (Å²) < 4.78 is 11.2. The number of amides is 1. The van der Waals surface area contributed by atoms with Crippen LogP contribution < -0.4 is 15.1 Å². The molecule has 2 aliphatic heterocycles. The van der Waals surface area contributed by atoms with Gasteiger partial charge in [0.2, 0.25) is 0 Å². The average molecular weight is 412 g/mol. The van der Waals surface area contributed by atoms with Gasteiger partial charge in [0.15, 0.2) is 6.54 Å². The zero-order valence-electron chi connectivity index (χ0n) is 17.4. The number of quaternary nitrogens is 2. The Balaban J connectivity index is 1.73. The van der Waals surface area contributed by atoms with Gasteiger partial charge in [-0.15, -0.1) is 11.3 Å². The molecule has 3 rings (SSSR count). The molecule has 8 heteroatoms. The van der Waals surface area contributed by atoms with Crippen molar-refractivity contribution in [3.63, 3.8) is 0 Å². The molecule has 0 aromatic carbocycles. The minimum Gasteiger partial charge on any atom is -0.462 e. The summed E-state index contributed by atoms with van der Waals surface area (Å²) in [4.78, 5) is 29.2. The quantitative estimate of drug-likeness (QED) is 0.553. The number of rotatable bonds is 6. The Morgan fingerprint density at radius 2 is 1.86 bits per heavy atom. The maximum absolute atomic E-state index is 12.7. The number of nitrogens with one attached hydrogen (secondary N) is 3. The fourth-order valence-electron chi connectivity index (χ4n) is 3.95. The highest BCUT2D eigenvalue weighted by atomic mass is 32.1. The highest BCUT2D eigenvalue weighted by Gasteiger charge is 2.35. The third kappa shape index (κ3) is 4.92. The lowest BCUT2D eigenvalue weighted by Gasteiger charge is -2.30. The second kappa shape index (κ2) is 8.90. The fraction of sp³-hybridized carbons (Fsp3) is 0.700. The number of carbonyl (C=O) groups excluding carboxylic acids is 2. The van der Waals surface area contributed by atoms with Crippen molar-refractivity contribution in [2.24, 2.45) is 0 Å². The number of esters is 1. The minimum absolute atomic E-state index is 0.0423. The van der Waals surface area contributed by atoms with Crippen molar-refractivity contribution in [1.29, 1.82) is 0 Å². The van der Waals surface area contributed by atoms with E-state index in [9.17, 15) is 9.59 Å². The van der Waals surface area contributed by atoms with Gasteiger partial charge in [-0.05, 0) is 33.3 Å². The summed E-state index contributed by atoms with van der Waals surface area (Å²) in [6, 6.07) is 0. The molecular formula is C20H33N3O4S+2. The van der Waals surface area contributed by atoms with Crippen LogP contribution in [0.5, 0.6) is 0 Å². The van der Waals surface area contributed by atoms with Crippen LogP contribution in [0.2, 0.25) is 0 Å². The molecule has 1 saturated heterocycles. The maximum Gasteiger partial charge on any atom is 0.341 e. The first-order valence-corrected chi connectivity index (χ1v) is 11.1.